The summed E-state index contributed by atoms with van der Waals surface area (Å²) in [6, 6.07) is 6.45. The molecule has 0 bridgehead atoms. The van der Waals surface area contributed by atoms with Crippen molar-refractivity contribution in [2.24, 2.45) is 5.41 Å². The first-order valence-electron chi connectivity index (χ1n) is 10.5. The first-order valence-corrected chi connectivity index (χ1v) is 10.5. The zero-order valence-corrected chi connectivity index (χ0v) is 16.5. The fraction of sp³-hybridized carbons (Fsp3) is 0.714. The molecule has 4 rings (SSSR count). The number of nitrogens with one attached hydrogen (secondary N) is 2. The average Bonchev–Trinajstić information content (AvgIpc) is 3.00. The predicted molar refractivity (Wildman–Crippen MR) is 106 cm³/mol. The molecule has 4 heterocycles. The summed E-state index contributed by atoms with van der Waals surface area (Å²) in [7, 11) is 2.12. The maximum Gasteiger partial charge on any atom is 0.237 e. The van der Waals surface area contributed by atoms with Gasteiger partial charge in [-0.3, -0.25) is 19.6 Å². The second-order valence-electron chi connectivity index (χ2n) is 8.77. The number of likely N-dealkylation sites (N-methyl/N-ethyl adjacent to an activating group) is 1. The molecule has 1 aromatic heterocycles. The lowest BCUT2D eigenvalue weighted by Gasteiger charge is -2.34. The van der Waals surface area contributed by atoms with Crippen molar-refractivity contribution < 1.29 is 4.79 Å². The van der Waals surface area contributed by atoms with Crippen LogP contribution in [0.15, 0.2) is 24.4 Å². The Kier molecular flexibility index (Phi) is 5.76. The van der Waals surface area contributed by atoms with Crippen molar-refractivity contribution in [1.82, 2.24) is 25.4 Å². The number of hydrogen-bond acceptors (Lipinski definition) is 5. The van der Waals surface area contributed by atoms with Crippen molar-refractivity contribution in [3.8, 4) is 0 Å². The molecule has 6 nitrogen and oxygen atoms in total. The Labute approximate surface area is 162 Å². The second-order valence-corrected chi connectivity index (χ2v) is 8.77. The summed E-state index contributed by atoms with van der Waals surface area (Å²) >= 11 is 0. The minimum atomic E-state index is 0.0506. The lowest BCUT2D eigenvalue weighted by Crippen LogP contribution is -2.49. The number of rotatable bonds is 4. The molecule has 3 saturated heterocycles. The van der Waals surface area contributed by atoms with E-state index in [1.54, 1.807) is 0 Å². The molecule has 3 aliphatic rings. The number of likely N-dealkylation sites (tertiary alicyclic amines) is 2. The van der Waals surface area contributed by atoms with Crippen LogP contribution < -0.4 is 10.6 Å². The SMILES string of the molecule is CN1CC2(CCNCC2)C[C@H]1C(=O)NC1CCN(Cc2ccccn2)CC1. The van der Waals surface area contributed by atoms with Gasteiger partial charge in [0, 0.05) is 38.4 Å². The van der Waals surface area contributed by atoms with Crippen molar-refractivity contribution in [3.63, 3.8) is 0 Å². The number of piperidine rings is 2. The van der Waals surface area contributed by atoms with Gasteiger partial charge in [-0.05, 0) is 69.8 Å². The highest BCUT2D eigenvalue weighted by Crippen LogP contribution is 2.41. The van der Waals surface area contributed by atoms with Gasteiger partial charge in [-0.15, -0.1) is 0 Å². The third-order valence-electron chi connectivity index (χ3n) is 6.76. The molecule has 27 heavy (non-hydrogen) atoms. The fourth-order valence-corrected chi connectivity index (χ4v) is 5.14. The summed E-state index contributed by atoms with van der Waals surface area (Å²) in [5.74, 6) is 0.246. The van der Waals surface area contributed by atoms with E-state index >= 15 is 0 Å². The first-order chi connectivity index (χ1) is 13.1. The molecule has 0 radical (unpaired) electrons. The number of carbonyl (C=O) groups is 1. The van der Waals surface area contributed by atoms with Crippen molar-refractivity contribution in [2.75, 3.05) is 39.8 Å². The predicted octanol–water partition coefficient (Wildman–Crippen LogP) is 1.24. The zero-order valence-electron chi connectivity index (χ0n) is 16.5. The van der Waals surface area contributed by atoms with Gasteiger partial charge in [0.05, 0.1) is 11.7 Å². The van der Waals surface area contributed by atoms with E-state index < -0.39 is 0 Å². The first kappa shape index (κ1) is 18.8. The van der Waals surface area contributed by atoms with Crippen molar-refractivity contribution in [3.05, 3.63) is 30.1 Å². The lowest BCUT2D eigenvalue weighted by atomic mass is 9.77. The van der Waals surface area contributed by atoms with E-state index in [9.17, 15) is 4.79 Å². The van der Waals surface area contributed by atoms with Gasteiger partial charge < -0.3 is 10.6 Å². The smallest absolute Gasteiger partial charge is 0.237 e. The van der Waals surface area contributed by atoms with Gasteiger partial charge in [0.2, 0.25) is 5.91 Å². The summed E-state index contributed by atoms with van der Waals surface area (Å²) < 4.78 is 0. The van der Waals surface area contributed by atoms with Crippen LogP contribution >= 0.6 is 0 Å². The average molecular weight is 372 g/mol. The van der Waals surface area contributed by atoms with Crippen LogP contribution in [0, 0.1) is 5.41 Å². The van der Waals surface area contributed by atoms with Crippen LogP contribution in [-0.4, -0.2) is 72.5 Å². The third kappa shape index (κ3) is 4.50. The topological polar surface area (TPSA) is 60.5 Å². The van der Waals surface area contributed by atoms with E-state index in [2.05, 4.69) is 38.5 Å². The van der Waals surface area contributed by atoms with Gasteiger partial charge in [-0.2, -0.15) is 0 Å². The van der Waals surface area contributed by atoms with Gasteiger partial charge in [0.15, 0.2) is 0 Å². The van der Waals surface area contributed by atoms with Crippen molar-refractivity contribution >= 4 is 5.91 Å². The maximum atomic E-state index is 12.9. The monoisotopic (exact) mass is 371 g/mol. The molecule has 3 aliphatic heterocycles. The van der Waals surface area contributed by atoms with E-state index in [1.807, 2.05) is 18.3 Å². The molecule has 1 amide bonds. The number of nitrogens with zero attached hydrogens (tertiary/aromatic N) is 3. The normalized spacial score (nSPS) is 27.1. The standard InChI is InChI=1S/C21H33N5O/c1-25-16-21(7-10-22-11-8-21)14-19(25)20(27)24-17-5-12-26(13-6-17)15-18-4-2-3-9-23-18/h2-4,9,17,19,22H,5-8,10-16H2,1H3,(H,24,27)/t19-/m0/s1. The summed E-state index contributed by atoms with van der Waals surface area (Å²) in [5.41, 5.74) is 1.48. The fourth-order valence-electron chi connectivity index (χ4n) is 5.14. The summed E-state index contributed by atoms with van der Waals surface area (Å²) in [6.45, 7) is 6.21. The number of aromatic nitrogens is 1. The minimum Gasteiger partial charge on any atom is -0.352 e. The molecule has 1 spiro atoms. The number of hydrogen-bond donors (Lipinski definition) is 2. The number of pyridine rings is 1. The molecule has 3 fully saturated rings. The molecule has 0 saturated carbocycles. The minimum absolute atomic E-state index is 0.0506. The van der Waals surface area contributed by atoms with Crippen molar-refractivity contribution in [2.45, 2.75) is 50.7 Å². The van der Waals surface area contributed by atoms with Gasteiger partial charge in [0.1, 0.15) is 0 Å². The highest BCUT2D eigenvalue weighted by molar-refractivity contribution is 5.82. The molecule has 0 aliphatic carbocycles. The molecule has 2 N–H and O–H groups in total. The highest BCUT2D eigenvalue weighted by Gasteiger charge is 2.45. The Hall–Kier alpha value is -1.50. The molecule has 1 aromatic rings. The Morgan fingerprint density at radius 2 is 2.07 bits per heavy atom. The zero-order chi connectivity index (χ0) is 18.7. The molecule has 148 valence electrons. The molecule has 0 aromatic carbocycles. The molecular formula is C21H33N5O. The van der Waals surface area contributed by atoms with Gasteiger partial charge in [-0.1, -0.05) is 6.07 Å². The van der Waals surface area contributed by atoms with Crippen LogP contribution in [0.2, 0.25) is 0 Å². The van der Waals surface area contributed by atoms with E-state index in [0.29, 0.717) is 11.5 Å². The lowest BCUT2D eigenvalue weighted by molar-refractivity contribution is -0.126. The Bertz CT molecular complexity index is 623. The van der Waals surface area contributed by atoms with Crippen LogP contribution in [0.1, 0.15) is 37.8 Å². The highest BCUT2D eigenvalue weighted by atomic mass is 16.2. The third-order valence-corrected chi connectivity index (χ3v) is 6.76. The van der Waals surface area contributed by atoms with Crippen LogP contribution in [0.3, 0.4) is 0 Å². The maximum absolute atomic E-state index is 12.9. The van der Waals surface area contributed by atoms with Gasteiger partial charge >= 0.3 is 0 Å². The second kappa shape index (κ2) is 8.25. The van der Waals surface area contributed by atoms with Crippen LogP contribution in [0.25, 0.3) is 0 Å². The van der Waals surface area contributed by atoms with E-state index in [1.165, 1.54) is 12.8 Å². The Morgan fingerprint density at radius 3 is 2.78 bits per heavy atom. The molecule has 1 atom stereocenters. The molecule has 0 unspecified atom stereocenters. The quantitative estimate of drug-likeness (QED) is 0.834. The van der Waals surface area contributed by atoms with Crippen LogP contribution in [0.4, 0.5) is 0 Å². The summed E-state index contributed by atoms with van der Waals surface area (Å²) in [5, 5.41) is 6.81. The van der Waals surface area contributed by atoms with E-state index in [0.717, 1.165) is 64.2 Å². The largest absolute Gasteiger partial charge is 0.352 e. The number of amides is 1. The Morgan fingerprint density at radius 1 is 1.30 bits per heavy atom. The molecule has 6 heteroatoms. The number of carbonyl (C=O) groups excluding carboxylic acids is 1. The van der Waals surface area contributed by atoms with Crippen LogP contribution in [-0.2, 0) is 11.3 Å². The summed E-state index contributed by atoms with van der Waals surface area (Å²) in [6.07, 6.45) is 7.35. The van der Waals surface area contributed by atoms with Crippen molar-refractivity contribution in [1.29, 1.82) is 0 Å². The van der Waals surface area contributed by atoms with Gasteiger partial charge in [0.25, 0.3) is 0 Å². The Balaban J connectivity index is 1.25. The van der Waals surface area contributed by atoms with E-state index in [4.69, 9.17) is 0 Å². The van der Waals surface area contributed by atoms with E-state index in [-0.39, 0.29) is 11.9 Å². The van der Waals surface area contributed by atoms with Crippen LogP contribution in [0.5, 0.6) is 0 Å². The summed E-state index contributed by atoms with van der Waals surface area (Å²) in [4.78, 5) is 22.1. The molecular weight excluding hydrogens is 338 g/mol. The van der Waals surface area contributed by atoms with Gasteiger partial charge in [-0.25, -0.2) is 0 Å².